The molecule has 0 aliphatic heterocycles. The van der Waals surface area contributed by atoms with Crippen molar-refractivity contribution in [2.24, 2.45) is 0 Å². The Morgan fingerprint density at radius 2 is 1.70 bits per heavy atom. The Bertz CT molecular complexity index is 974. The van der Waals surface area contributed by atoms with Gasteiger partial charge in [-0.1, -0.05) is 11.6 Å². The zero-order chi connectivity index (χ0) is 19.4. The number of carbonyl (C=O) groups is 1. The molecule has 0 bridgehead atoms. The van der Waals surface area contributed by atoms with Crippen molar-refractivity contribution >= 4 is 40.4 Å². The largest absolute Gasteiger partial charge is 0.495 e. The number of ketones is 1. The fourth-order valence-corrected chi connectivity index (χ4v) is 2.65. The van der Waals surface area contributed by atoms with Gasteiger partial charge in [0, 0.05) is 28.4 Å². The van der Waals surface area contributed by atoms with Gasteiger partial charge in [-0.2, -0.15) is 0 Å². The molecule has 0 aliphatic carbocycles. The number of halogens is 1. The molecule has 0 radical (unpaired) electrons. The first-order valence-electron chi connectivity index (χ1n) is 8.27. The molecular weight excluding hydrogens is 364 g/mol. The third-order valence-corrected chi connectivity index (χ3v) is 4.38. The monoisotopic (exact) mass is 382 g/mol. The predicted molar refractivity (Wildman–Crippen MR) is 108 cm³/mol. The van der Waals surface area contributed by atoms with E-state index in [1.807, 2.05) is 25.1 Å². The molecule has 2 aromatic carbocycles. The lowest BCUT2D eigenvalue weighted by Gasteiger charge is -2.13. The summed E-state index contributed by atoms with van der Waals surface area (Å²) in [6.07, 6.45) is 1.46. The first kappa shape index (κ1) is 18.7. The van der Waals surface area contributed by atoms with Gasteiger partial charge in [-0.3, -0.25) is 4.79 Å². The van der Waals surface area contributed by atoms with E-state index in [0.717, 1.165) is 16.9 Å². The minimum atomic E-state index is 0.0299. The first-order chi connectivity index (χ1) is 13.0. The number of anilines is 4. The highest BCUT2D eigenvalue weighted by Gasteiger charge is 2.09. The van der Waals surface area contributed by atoms with Crippen LogP contribution in [0.1, 0.15) is 22.8 Å². The lowest BCUT2D eigenvalue weighted by molar-refractivity contribution is 0.101. The van der Waals surface area contributed by atoms with Crippen molar-refractivity contribution in [2.75, 3.05) is 17.7 Å². The van der Waals surface area contributed by atoms with Gasteiger partial charge in [0.2, 0.25) is 0 Å². The smallest absolute Gasteiger partial charge is 0.159 e. The van der Waals surface area contributed by atoms with Crippen LogP contribution >= 0.6 is 11.6 Å². The third kappa shape index (κ3) is 4.54. The van der Waals surface area contributed by atoms with E-state index >= 15 is 0 Å². The quantitative estimate of drug-likeness (QED) is 0.575. The van der Waals surface area contributed by atoms with Crippen molar-refractivity contribution in [3.8, 4) is 5.75 Å². The molecule has 0 spiro atoms. The van der Waals surface area contributed by atoms with E-state index in [4.69, 9.17) is 16.3 Å². The Morgan fingerprint density at radius 3 is 2.33 bits per heavy atom. The fourth-order valence-electron chi connectivity index (χ4n) is 2.50. The van der Waals surface area contributed by atoms with Gasteiger partial charge in [0.1, 0.15) is 23.7 Å². The van der Waals surface area contributed by atoms with Crippen molar-refractivity contribution in [3.05, 3.63) is 64.9 Å². The molecule has 3 rings (SSSR count). The Morgan fingerprint density at radius 1 is 1.04 bits per heavy atom. The van der Waals surface area contributed by atoms with Crippen LogP contribution < -0.4 is 15.4 Å². The van der Waals surface area contributed by atoms with E-state index in [2.05, 4.69) is 20.6 Å². The zero-order valence-electron chi connectivity index (χ0n) is 15.2. The maximum atomic E-state index is 11.4. The molecule has 7 heteroatoms. The van der Waals surface area contributed by atoms with Gasteiger partial charge in [0.05, 0.1) is 12.8 Å². The van der Waals surface area contributed by atoms with Crippen LogP contribution in [-0.4, -0.2) is 22.9 Å². The molecule has 0 fully saturated rings. The van der Waals surface area contributed by atoms with Crippen LogP contribution in [-0.2, 0) is 0 Å². The molecule has 138 valence electrons. The minimum Gasteiger partial charge on any atom is -0.495 e. The molecule has 0 amide bonds. The summed E-state index contributed by atoms with van der Waals surface area (Å²) in [4.78, 5) is 19.8. The van der Waals surface area contributed by atoms with Crippen molar-refractivity contribution in [1.82, 2.24) is 9.97 Å². The number of benzene rings is 2. The van der Waals surface area contributed by atoms with Gasteiger partial charge in [0.25, 0.3) is 0 Å². The molecule has 3 aromatic rings. The predicted octanol–water partition coefficient (Wildman–Crippen LogP) is 5.14. The Labute approximate surface area is 162 Å². The normalized spacial score (nSPS) is 10.4. The van der Waals surface area contributed by atoms with Crippen molar-refractivity contribution in [3.63, 3.8) is 0 Å². The summed E-state index contributed by atoms with van der Waals surface area (Å²) in [5, 5.41) is 7.05. The number of Topliss-reactive ketones (excluding diaryl/α,β-unsaturated/α-hetero) is 1. The van der Waals surface area contributed by atoms with Crippen molar-refractivity contribution < 1.29 is 9.53 Å². The number of ether oxygens (including phenoxy) is 1. The molecule has 0 saturated heterocycles. The third-order valence-electron chi connectivity index (χ3n) is 3.97. The fraction of sp³-hybridized carbons (Fsp3) is 0.150. The van der Waals surface area contributed by atoms with Gasteiger partial charge in [-0.15, -0.1) is 0 Å². The van der Waals surface area contributed by atoms with Crippen LogP contribution in [0.25, 0.3) is 0 Å². The number of hydrogen-bond donors (Lipinski definition) is 2. The number of methoxy groups -OCH3 is 1. The number of aryl methyl sites for hydroxylation is 1. The lowest BCUT2D eigenvalue weighted by atomic mass is 10.1. The Hall–Kier alpha value is -3.12. The van der Waals surface area contributed by atoms with Crippen molar-refractivity contribution in [2.45, 2.75) is 13.8 Å². The number of carbonyl (C=O) groups excluding carboxylic acids is 1. The van der Waals surface area contributed by atoms with E-state index in [0.29, 0.717) is 28.0 Å². The first-order valence-corrected chi connectivity index (χ1v) is 8.65. The minimum absolute atomic E-state index is 0.0299. The summed E-state index contributed by atoms with van der Waals surface area (Å²) >= 11 is 6.15. The number of aromatic nitrogens is 2. The number of rotatable bonds is 6. The van der Waals surface area contributed by atoms with E-state index in [1.54, 1.807) is 31.4 Å². The van der Waals surface area contributed by atoms with Crippen LogP contribution in [0.5, 0.6) is 5.75 Å². The standard InChI is InChI=1S/C20H19ClN4O2/c1-12-8-17(18(27-3)9-16(12)21)25-20-10-19(22-11-23-20)24-15-6-4-14(5-7-15)13(2)26/h4-11H,1-3H3,(H2,22,23,24,25). The summed E-state index contributed by atoms with van der Waals surface area (Å²) in [7, 11) is 1.59. The Balaban J connectivity index is 1.80. The van der Waals surface area contributed by atoms with Crippen LogP contribution in [0.4, 0.5) is 23.0 Å². The average molecular weight is 383 g/mol. The SMILES string of the molecule is COc1cc(Cl)c(C)cc1Nc1cc(Nc2ccc(C(C)=O)cc2)ncn1. The van der Waals surface area contributed by atoms with Gasteiger partial charge in [0.15, 0.2) is 5.78 Å². The molecular formula is C20H19ClN4O2. The van der Waals surface area contributed by atoms with E-state index in [-0.39, 0.29) is 5.78 Å². The summed E-state index contributed by atoms with van der Waals surface area (Å²) < 4.78 is 5.38. The van der Waals surface area contributed by atoms with Gasteiger partial charge in [-0.25, -0.2) is 9.97 Å². The molecule has 0 saturated carbocycles. The number of nitrogens with one attached hydrogen (secondary N) is 2. The maximum absolute atomic E-state index is 11.4. The van der Waals surface area contributed by atoms with Crippen LogP contribution in [0.15, 0.2) is 48.8 Å². The highest BCUT2D eigenvalue weighted by molar-refractivity contribution is 6.31. The summed E-state index contributed by atoms with van der Waals surface area (Å²) in [5.41, 5.74) is 3.17. The molecule has 2 N–H and O–H groups in total. The van der Waals surface area contributed by atoms with Crippen molar-refractivity contribution in [1.29, 1.82) is 0 Å². The van der Waals surface area contributed by atoms with Gasteiger partial charge >= 0.3 is 0 Å². The second-order valence-electron chi connectivity index (χ2n) is 5.97. The summed E-state index contributed by atoms with van der Waals surface area (Å²) in [5.74, 6) is 1.88. The number of nitrogens with zero attached hydrogens (tertiary/aromatic N) is 2. The van der Waals surface area contributed by atoms with Crippen LogP contribution in [0.2, 0.25) is 5.02 Å². The topological polar surface area (TPSA) is 76.1 Å². The highest BCUT2D eigenvalue weighted by atomic mass is 35.5. The zero-order valence-corrected chi connectivity index (χ0v) is 16.0. The van der Waals surface area contributed by atoms with E-state index < -0.39 is 0 Å². The molecule has 27 heavy (non-hydrogen) atoms. The number of hydrogen-bond acceptors (Lipinski definition) is 6. The molecule has 1 heterocycles. The van der Waals surface area contributed by atoms with Gasteiger partial charge in [-0.05, 0) is 49.7 Å². The second-order valence-corrected chi connectivity index (χ2v) is 6.38. The van der Waals surface area contributed by atoms with E-state index in [1.165, 1.54) is 13.3 Å². The van der Waals surface area contributed by atoms with Crippen LogP contribution in [0.3, 0.4) is 0 Å². The lowest BCUT2D eigenvalue weighted by Crippen LogP contribution is -2.00. The molecule has 0 aliphatic rings. The van der Waals surface area contributed by atoms with Crippen LogP contribution in [0, 0.1) is 6.92 Å². The molecule has 6 nitrogen and oxygen atoms in total. The average Bonchev–Trinajstić information content (AvgIpc) is 2.65. The molecule has 1 aromatic heterocycles. The Kier molecular flexibility index (Phi) is 5.57. The molecule has 0 unspecified atom stereocenters. The van der Waals surface area contributed by atoms with Gasteiger partial charge < -0.3 is 15.4 Å². The summed E-state index contributed by atoms with van der Waals surface area (Å²) in [6, 6.07) is 12.6. The van der Waals surface area contributed by atoms with E-state index in [9.17, 15) is 4.79 Å². The summed E-state index contributed by atoms with van der Waals surface area (Å²) in [6.45, 7) is 3.46. The molecule has 0 atom stereocenters. The highest BCUT2D eigenvalue weighted by Crippen LogP contribution is 2.33. The second kappa shape index (κ2) is 8.05. The maximum Gasteiger partial charge on any atom is 0.159 e.